The average Bonchev–Trinajstić information content (AvgIpc) is 2.76. The second-order valence-corrected chi connectivity index (χ2v) is 6.76. The van der Waals surface area contributed by atoms with Crippen molar-refractivity contribution in [3.63, 3.8) is 0 Å². The molecule has 0 aliphatic rings. The van der Waals surface area contributed by atoms with Crippen LogP contribution in [0.4, 0.5) is 0 Å². The number of ether oxygens (including phenoxy) is 4. The first-order valence-electron chi connectivity index (χ1n) is 10.5. The molecule has 0 aliphatic heterocycles. The van der Waals surface area contributed by atoms with Crippen molar-refractivity contribution in [3.8, 4) is 17.2 Å². The summed E-state index contributed by atoms with van der Waals surface area (Å²) in [5.74, 6) is -0.489. The molecule has 0 heterocycles. The molecule has 0 bridgehead atoms. The molecular weight excluding hydrogens is 384 g/mol. The Balaban J connectivity index is 2.26. The predicted molar refractivity (Wildman–Crippen MR) is 117 cm³/mol. The first-order chi connectivity index (χ1) is 14.6. The Labute approximate surface area is 179 Å². The summed E-state index contributed by atoms with van der Waals surface area (Å²) in [6, 6.07) is 4.99. The quantitative estimate of drug-likeness (QED) is 0.125. The van der Waals surface area contributed by atoms with Gasteiger partial charge in [0.1, 0.15) is 6.61 Å². The number of carbonyl (C=O) groups excluding carboxylic acids is 2. The maximum absolute atomic E-state index is 12.0. The van der Waals surface area contributed by atoms with E-state index in [1.54, 1.807) is 18.2 Å². The highest BCUT2D eigenvalue weighted by molar-refractivity contribution is 5.93. The number of allylic oxidation sites excluding steroid dienone is 1. The van der Waals surface area contributed by atoms with E-state index in [1.807, 2.05) is 12.2 Å². The van der Waals surface area contributed by atoms with E-state index in [0.717, 1.165) is 25.0 Å². The molecule has 1 aromatic carbocycles. The molecule has 6 heteroatoms. The van der Waals surface area contributed by atoms with Gasteiger partial charge in [-0.1, -0.05) is 63.7 Å². The molecule has 0 aromatic heterocycles. The molecule has 0 unspecified atom stereocenters. The molecule has 1 rings (SSSR count). The lowest BCUT2D eigenvalue weighted by atomic mass is 10.1. The summed E-state index contributed by atoms with van der Waals surface area (Å²) >= 11 is 0. The molecule has 166 valence electrons. The topological polar surface area (TPSA) is 71.1 Å². The van der Waals surface area contributed by atoms with Crippen molar-refractivity contribution in [1.29, 1.82) is 0 Å². The molecular formula is C24H34O6. The van der Waals surface area contributed by atoms with Crippen molar-refractivity contribution in [1.82, 2.24) is 0 Å². The van der Waals surface area contributed by atoms with Crippen LogP contribution in [0.2, 0.25) is 0 Å². The SMILES string of the molecule is CCCCCCCCC/C=C/COC(=O)/C=C/C(=O)Oc1c(OC)cccc1OC. The molecule has 30 heavy (non-hydrogen) atoms. The molecule has 0 spiro atoms. The fraction of sp³-hybridized carbons (Fsp3) is 0.500. The molecule has 0 radical (unpaired) electrons. The van der Waals surface area contributed by atoms with Crippen LogP contribution >= 0.6 is 0 Å². The van der Waals surface area contributed by atoms with Crippen LogP contribution in [0.3, 0.4) is 0 Å². The Morgan fingerprint density at radius 1 is 0.833 bits per heavy atom. The highest BCUT2D eigenvalue weighted by atomic mass is 16.6. The number of esters is 2. The van der Waals surface area contributed by atoms with Crippen LogP contribution in [0.5, 0.6) is 17.2 Å². The molecule has 1 aromatic rings. The number of carbonyl (C=O) groups is 2. The van der Waals surface area contributed by atoms with Crippen LogP contribution in [0, 0.1) is 0 Å². The van der Waals surface area contributed by atoms with E-state index in [0.29, 0.717) is 11.5 Å². The summed E-state index contributed by atoms with van der Waals surface area (Å²) in [6.45, 7) is 2.40. The van der Waals surface area contributed by atoms with Gasteiger partial charge in [-0.05, 0) is 25.0 Å². The first kappa shape index (κ1) is 25.3. The second kappa shape index (κ2) is 16.1. The minimum absolute atomic E-state index is 0.152. The maximum atomic E-state index is 12.0. The molecule has 0 atom stereocenters. The number of unbranched alkanes of at least 4 members (excludes halogenated alkanes) is 7. The van der Waals surface area contributed by atoms with Gasteiger partial charge in [-0.3, -0.25) is 0 Å². The van der Waals surface area contributed by atoms with Gasteiger partial charge in [-0.2, -0.15) is 0 Å². The number of hydrogen-bond donors (Lipinski definition) is 0. The monoisotopic (exact) mass is 418 g/mol. The number of hydrogen-bond acceptors (Lipinski definition) is 6. The van der Waals surface area contributed by atoms with Gasteiger partial charge in [-0.25, -0.2) is 9.59 Å². The standard InChI is InChI=1S/C24H34O6/c1-4-5-6-7-8-9-10-11-12-13-19-29-22(25)17-18-23(26)30-24-20(27-2)15-14-16-21(24)28-3/h12-18H,4-11,19H2,1-3H3/b13-12+,18-17+. The second-order valence-electron chi connectivity index (χ2n) is 6.76. The molecule has 0 N–H and O–H groups in total. The molecule has 0 saturated carbocycles. The van der Waals surface area contributed by atoms with Gasteiger partial charge in [0.25, 0.3) is 0 Å². The molecule has 6 nitrogen and oxygen atoms in total. The third-order valence-corrected chi connectivity index (χ3v) is 4.40. The maximum Gasteiger partial charge on any atom is 0.336 e. The summed E-state index contributed by atoms with van der Waals surface area (Å²) in [5, 5.41) is 0. The van der Waals surface area contributed by atoms with E-state index in [2.05, 4.69) is 6.92 Å². The van der Waals surface area contributed by atoms with Crippen LogP contribution < -0.4 is 14.2 Å². The van der Waals surface area contributed by atoms with Crippen molar-refractivity contribution in [3.05, 3.63) is 42.5 Å². The summed E-state index contributed by atoms with van der Waals surface area (Å²) in [5.41, 5.74) is 0. The van der Waals surface area contributed by atoms with Crippen molar-refractivity contribution in [2.45, 2.75) is 58.3 Å². The lowest BCUT2D eigenvalue weighted by Gasteiger charge is -2.11. The third kappa shape index (κ3) is 10.7. The number of methoxy groups -OCH3 is 2. The van der Waals surface area contributed by atoms with Crippen LogP contribution in [0.1, 0.15) is 58.3 Å². The minimum Gasteiger partial charge on any atom is -0.493 e. The summed E-state index contributed by atoms with van der Waals surface area (Å²) in [7, 11) is 2.92. The number of benzene rings is 1. The third-order valence-electron chi connectivity index (χ3n) is 4.40. The van der Waals surface area contributed by atoms with Gasteiger partial charge in [0.15, 0.2) is 11.5 Å². The largest absolute Gasteiger partial charge is 0.493 e. The minimum atomic E-state index is -0.732. The zero-order valence-electron chi connectivity index (χ0n) is 18.4. The zero-order valence-corrected chi connectivity index (χ0v) is 18.4. The smallest absolute Gasteiger partial charge is 0.336 e. The van der Waals surface area contributed by atoms with E-state index >= 15 is 0 Å². The lowest BCUT2D eigenvalue weighted by Crippen LogP contribution is -2.08. The number of para-hydroxylation sites is 1. The average molecular weight is 419 g/mol. The Morgan fingerprint density at radius 2 is 1.43 bits per heavy atom. The van der Waals surface area contributed by atoms with Gasteiger partial charge in [0.2, 0.25) is 5.75 Å². The van der Waals surface area contributed by atoms with Crippen LogP contribution in [-0.2, 0) is 14.3 Å². The Bertz CT molecular complexity index is 671. The van der Waals surface area contributed by atoms with Gasteiger partial charge < -0.3 is 18.9 Å². The summed E-state index contributed by atoms with van der Waals surface area (Å²) in [6.07, 6.45) is 15.8. The van der Waals surface area contributed by atoms with Crippen LogP contribution in [0.15, 0.2) is 42.5 Å². The highest BCUT2D eigenvalue weighted by Crippen LogP contribution is 2.36. The van der Waals surface area contributed by atoms with Crippen molar-refractivity contribution < 1.29 is 28.5 Å². The van der Waals surface area contributed by atoms with Gasteiger partial charge in [-0.15, -0.1) is 0 Å². The van der Waals surface area contributed by atoms with Crippen molar-refractivity contribution >= 4 is 11.9 Å². The van der Waals surface area contributed by atoms with Crippen molar-refractivity contribution in [2.24, 2.45) is 0 Å². The Hall–Kier alpha value is -2.76. The lowest BCUT2D eigenvalue weighted by molar-refractivity contribution is -0.137. The highest BCUT2D eigenvalue weighted by Gasteiger charge is 2.14. The Morgan fingerprint density at radius 3 is 2.07 bits per heavy atom. The van der Waals surface area contributed by atoms with E-state index in [1.165, 1.54) is 52.7 Å². The predicted octanol–water partition coefficient (Wildman–Crippen LogP) is 5.41. The fourth-order valence-electron chi connectivity index (χ4n) is 2.77. The number of rotatable bonds is 15. The van der Waals surface area contributed by atoms with E-state index in [4.69, 9.17) is 18.9 Å². The molecule has 0 aliphatic carbocycles. The van der Waals surface area contributed by atoms with Crippen LogP contribution in [0.25, 0.3) is 0 Å². The van der Waals surface area contributed by atoms with Gasteiger partial charge in [0, 0.05) is 12.2 Å². The van der Waals surface area contributed by atoms with Crippen molar-refractivity contribution in [2.75, 3.05) is 20.8 Å². The summed E-state index contributed by atoms with van der Waals surface area (Å²) in [4.78, 5) is 23.7. The Kier molecular flexibility index (Phi) is 13.6. The van der Waals surface area contributed by atoms with Gasteiger partial charge in [0.05, 0.1) is 14.2 Å². The van der Waals surface area contributed by atoms with E-state index in [-0.39, 0.29) is 12.4 Å². The fourth-order valence-corrected chi connectivity index (χ4v) is 2.77. The summed E-state index contributed by atoms with van der Waals surface area (Å²) < 4.78 is 20.6. The zero-order chi connectivity index (χ0) is 22.0. The van der Waals surface area contributed by atoms with Crippen LogP contribution in [-0.4, -0.2) is 32.8 Å². The molecule has 0 fully saturated rings. The van der Waals surface area contributed by atoms with E-state index < -0.39 is 11.9 Å². The van der Waals surface area contributed by atoms with Gasteiger partial charge >= 0.3 is 11.9 Å². The first-order valence-corrected chi connectivity index (χ1v) is 10.5. The normalized spacial score (nSPS) is 11.0. The molecule has 0 saturated heterocycles. The molecule has 0 amide bonds. The van der Waals surface area contributed by atoms with E-state index in [9.17, 15) is 9.59 Å².